The third-order valence-corrected chi connectivity index (χ3v) is 4.09. The molecule has 0 fully saturated rings. The average Bonchev–Trinajstić information content (AvgIpc) is 2.80. The maximum absolute atomic E-state index is 10.9. The van der Waals surface area contributed by atoms with E-state index in [-0.39, 0.29) is 11.1 Å². The molecule has 0 spiro atoms. The highest BCUT2D eigenvalue weighted by atomic mass is 79.9. The van der Waals surface area contributed by atoms with E-state index in [9.17, 15) is 4.79 Å². The minimum atomic E-state index is -0.281. The Morgan fingerprint density at radius 3 is 3.00 bits per heavy atom. The summed E-state index contributed by atoms with van der Waals surface area (Å²) < 4.78 is 6.86. The predicted molar refractivity (Wildman–Crippen MR) is 79.4 cm³/mol. The molecule has 1 atom stereocenters. The summed E-state index contributed by atoms with van der Waals surface area (Å²) in [6.07, 6.45) is 0.867. The number of hydrogen-bond donors (Lipinski definition) is 2. The lowest BCUT2D eigenvalue weighted by molar-refractivity contribution is 0.283. The van der Waals surface area contributed by atoms with E-state index in [0.29, 0.717) is 11.6 Å². The van der Waals surface area contributed by atoms with Gasteiger partial charge in [-0.05, 0) is 24.6 Å². The van der Waals surface area contributed by atoms with Crippen molar-refractivity contribution in [2.75, 3.05) is 0 Å². The number of hydrogen-bond acceptors (Lipinski definition) is 4. The van der Waals surface area contributed by atoms with Gasteiger partial charge >= 0.3 is 5.69 Å². The lowest BCUT2D eigenvalue weighted by Crippen LogP contribution is -2.11. The Bertz CT molecular complexity index is 584. The summed E-state index contributed by atoms with van der Waals surface area (Å²) in [4.78, 5) is 13.5. The van der Waals surface area contributed by atoms with Crippen molar-refractivity contribution in [3.05, 3.63) is 45.0 Å². The molecule has 0 bridgehead atoms. The molecule has 0 radical (unpaired) electrons. The molecule has 0 amide bonds. The van der Waals surface area contributed by atoms with Crippen molar-refractivity contribution < 1.29 is 4.74 Å². The van der Waals surface area contributed by atoms with Crippen molar-refractivity contribution in [1.82, 2.24) is 15.2 Å². The van der Waals surface area contributed by atoms with Crippen LogP contribution < -0.4 is 10.4 Å². The van der Waals surface area contributed by atoms with Crippen LogP contribution in [0.5, 0.6) is 5.75 Å². The van der Waals surface area contributed by atoms with E-state index >= 15 is 0 Å². The number of aromatic nitrogens is 3. The van der Waals surface area contributed by atoms with Crippen molar-refractivity contribution in [3.8, 4) is 5.75 Å². The van der Waals surface area contributed by atoms with Crippen LogP contribution in [0.2, 0.25) is 0 Å². The fourth-order valence-electron chi connectivity index (χ4n) is 1.47. The summed E-state index contributed by atoms with van der Waals surface area (Å²) in [7, 11) is 0. The molecule has 19 heavy (non-hydrogen) atoms. The third kappa shape index (κ3) is 4.43. The molecule has 0 saturated carbocycles. The summed E-state index contributed by atoms with van der Waals surface area (Å²) in [6.45, 7) is 2.06. The molecule has 2 aromatic rings. The number of nitrogens with one attached hydrogen (secondary N) is 2. The second-order valence-corrected chi connectivity index (χ2v) is 5.91. The number of benzene rings is 1. The molecule has 102 valence electrons. The standard InChI is InChI=1S/C12H14BrN3O2S/c1-2-11(18-9-5-3-4-8(13)6-9)19-7-10-14-12(17)16-15-10/h3-6,11H,2,7H2,1H3,(H2,14,15,16,17). The maximum Gasteiger partial charge on any atom is 0.340 e. The first kappa shape index (κ1) is 14.2. The highest BCUT2D eigenvalue weighted by Crippen LogP contribution is 2.25. The van der Waals surface area contributed by atoms with E-state index in [1.165, 1.54) is 0 Å². The van der Waals surface area contributed by atoms with E-state index in [1.54, 1.807) is 11.8 Å². The average molecular weight is 344 g/mol. The van der Waals surface area contributed by atoms with Gasteiger partial charge in [0.05, 0.1) is 5.75 Å². The number of halogens is 1. The monoisotopic (exact) mass is 343 g/mol. The van der Waals surface area contributed by atoms with Crippen LogP contribution in [-0.4, -0.2) is 20.6 Å². The minimum absolute atomic E-state index is 0.0227. The largest absolute Gasteiger partial charge is 0.480 e. The van der Waals surface area contributed by atoms with Crippen LogP contribution in [0.1, 0.15) is 19.2 Å². The lowest BCUT2D eigenvalue weighted by Gasteiger charge is -2.16. The highest BCUT2D eigenvalue weighted by Gasteiger charge is 2.10. The second kappa shape index (κ2) is 6.81. The van der Waals surface area contributed by atoms with Crippen molar-refractivity contribution in [2.24, 2.45) is 0 Å². The molecule has 1 aromatic carbocycles. The quantitative estimate of drug-likeness (QED) is 0.791. The zero-order valence-electron chi connectivity index (χ0n) is 10.4. The number of aromatic amines is 2. The smallest absolute Gasteiger partial charge is 0.340 e. The van der Waals surface area contributed by atoms with E-state index in [2.05, 4.69) is 38.0 Å². The first-order chi connectivity index (χ1) is 9.17. The number of rotatable bonds is 6. The molecule has 1 heterocycles. The van der Waals surface area contributed by atoms with Crippen molar-refractivity contribution >= 4 is 27.7 Å². The molecular formula is C12H14BrN3O2S. The highest BCUT2D eigenvalue weighted by molar-refractivity contribution is 9.10. The van der Waals surface area contributed by atoms with Gasteiger partial charge in [0.25, 0.3) is 0 Å². The lowest BCUT2D eigenvalue weighted by atomic mass is 10.3. The predicted octanol–water partition coefficient (Wildman–Crippen LogP) is 2.91. The number of thioether (sulfide) groups is 1. The molecule has 1 aromatic heterocycles. The summed E-state index contributed by atoms with van der Waals surface area (Å²) in [5.74, 6) is 2.06. The first-order valence-corrected chi connectivity index (χ1v) is 7.69. The van der Waals surface area contributed by atoms with E-state index < -0.39 is 0 Å². The van der Waals surface area contributed by atoms with Crippen LogP contribution in [0.15, 0.2) is 33.5 Å². The topological polar surface area (TPSA) is 70.8 Å². The van der Waals surface area contributed by atoms with E-state index in [0.717, 1.165) is 16.6 Å². The molecule has 0 aliphatic carbocycles. The third-order valence-electron chi connectivity index (χ3n) is 2.35. The first-order valence-electron chi connectivity index (χ1n) is 5.84. The Hall–Kier alpha value is -1.21. The molecule has 7 heteroatoms. The Morgan fingerprint density at radius 1 is 1.53 bits per heavy atom. The second-order valence-electron chi connectivity index (χ2n) is 3.85. The van der Waals surface area contributed by atoms with Gasteiger partial charge in [-0.2, -0.15) is 5.10 Å². The van der Waals surface area contributed by atoms with E-state index in [4.69, 9.17) is 4.74 Å². The van der Waals surface area contributed by atoms with Crippen LogP contribution in [0.4, 0.5) is 0 Å². The molecule has 5 nitrogen and oxygen atoms in total. The van der Waals surface area contributed by atoms with Crippen LogP contribution in [-0.2, 0) is 5.75 Å². The van der Waals surface area contributed by atoms with Gasteiger partial charge in [0.15, 0.2) is 0 Å². The fraction of sp³-hybridized carbons (Fsp3) is 0.333. The van der Waals surface area contributed by atoms with Gasteiger partial charge in [0, 0.05) is 4.47 Å². The summed E-state index contributed by atoms with van der Waals surface area (Å²) in [6, 6.07) is 7.74. The number of ether oxygens (including phenoxy) is 1. The Labute approximate surface area is 123 Å². The Morgan fingerprint density at radius 2 is 2.37 bits per heavy atom. The number of H-pyrrole nitrogens is 2. The van der Waals surface area contributed by atoms with Gasteiger partial charge in [-0.1, -0.05) is 28.9 Å². The van der Waals surface area contributed by atoms with Crippen LogP contribution in [0.25, 0.3) is 0 Å². The zero-order chi connectivity index (χ0) is 13.7. The van der Waals surface area contributed by atoms with E-state index in [1.807, 2.05) is 24.3 Å². The van der Waals surface area contributed by atoms with Crippen molar-refractivity contribution in [3.63, 3.8) is 0 Å². The van der Waals surface area contributed by atoms with Gasteiger partial charge in [-0.3, -0.25) is 4.98 Å². The number of nitrogens with zero attached hydrogens (tertiary/aromatic N) is 1. The van der Waals surface area contributed by atoms with Gasteiger partial charge in [-0.25, -0.2) is 9.89 Å². The minimum Gasteiger partial charge on any atom is -0.480 e. The Kier molecular flexibility index (Phi) is 5.09. The van der Waals surface area contributed by atoms with Crippen molar-refractivity contribution in [2.45, 2.75) is 24.5 Å². The van der Waals surface area contributed by atoms with Gasteiger partial charge < -0.3 is 4.74 Å². The maximum atomic E-state index is 10.9. The molecule has 2 N–H and O–H groups in total. The fourth-order valence-corrected chi connectivity index (χ4v) is 2.75. The molecule has 0 aliphatic rings. The van der Waals surface area contributed by atoms with Gasteiger partial charge in [-0.15, -0.1) is 11.8 Å². The molecular weight excluding hydrogens is 330 g/mol. The summed E-state index contributed by atoms with van der Waals surface area (Å²) in [5.41, 5.74) is -0.258. The zero-order valence-corrected chi connectivity index (χ0v) is 12.8. The molecule has 1 unspecified atom stereocenters. The summed E-state index contributed by atoms with van der Waals surface area (Å²) >= 11 is 5.01. The van der Waals surface area contributed by atoms with Crippen LogP contribution >= 0.6 is 27.7 Å². The van der Waals surface area contributed by atoms with Crippen LogP contribution in [0, 0.1) is 0 Å². The van der Waals surface area contributed by atoms with Crippen LogP contribution in [0.3, 0.4) is 0 Å². The summed E-state index contributed by atoms with van der Waals surface area (Å²) in [5, 5.41) is 6.21. The Balaban J connectivity index is 1.91. The van der Waals surface area contributed by atoms with Gasteiger partial charge in [0.2, 0.25) is 0 Å². The molecule has 0 saturated heterocycles. The van der Waals surface area contributed by atoms with Crippen molar-refractivity contribution in [1.29, 1.82) is 0 Å². The SMILES string of the molecule is CCC(Oc1cccc(Br)c1)SCc1n[nH]c(=O)[nH]1. The van der Waals surface area contributed by atoms with Gasteiger partial charge in [0.1, 0.15) is 17.0 Å². The normalized spacial score (nSPS) is 12.3. The molecule has 2 rings (SSSR count). The molecule has 0 aliphatic heterocycles.